The fraction of sp³-hybridized carbons (Fsp3) is 0.529. The summed E-state index contributed by atoms with van der Waals surface area (Å²) in [4.78, 5) is 24.7. The van der Waals surface area contributed by atoms with Crippen LogP contribution in [0.25, 0.3) is 0 Å². The number of carbonyl (C=O) groups is 2. The van der Waals surface area contributed by atoms with Crippen molar-refractivity contribution < 1.29 is 14.7 Å². The third-order valence-electron chi connectivity index (χ3n) is 3.68. The monoisotopic (exact) mass is 291 g/mol. The molecule has 4 heteroatoms. The first-order valence-corrected chi connectivity index (χ1v) is 7.42. The second-order valence-corrected chi connectivity index (χ2v) is 5.80. The number of carboxylic acids is 1. The number of aliphatic carboxylic acids is 1. The summed E-state index contributed by atoms with van der Waals surface area (Å²) in [6.45, 7) is 4.59. The van der Waals surface area contributed by atoms with Gasteiger partial charge in [0.1, 0.15) is 0 Å². The summed E-state index contributed by atoms with van der Waals surface area (Å²) >= 11 is 0. The number of carboxylic acid groups (broad SMARTS) is 1. The molecule has 0 radical (unpaired) electrons. The minimum atomic E-state index is -0.819. The van der Waals surface area contributed by atoms with Gasteiger partial charge in [-0.15, -0.1) is 0 Å². The molecule has 0 fully saturated rings. The van der Waals surface area contributed by atoms with Gasteiger partial charge in [-0.1, -0.05) is 44.2 Å². The minimum absolute atomic E-state index is 0.0674. The fourth-order valence-corrected chi connectivity index (χ4v) is 2.34. The van der Waals surface area contributed by atoms with Crippen LogP contribution in [0.2, 0.25) is 0 Å². The molecule has 1 amide bonds. The van der Waals surface area contributed by atoms with Crippen molar-refractivity contribution >= 4 is 11.9 Å². The standard InChI is InChI=1S/C17H25NO3/c1-13(2)15(12-14-8-5-4-6-9-14)17(21)18(3)11-7-10-16(19)20/h4-6,8-9,13,15H,7,10-12H2,1-3H3,(H,19,20). The maximum absolute atomic E-state index is 12.5. The van der Waals surface area contributed by atoms with E-state index in [-0.39, 0.29) is 24.2 Å². The van der Waals surface area contributed by atoms with Crippen molar-refractivity contribution in [2.75, 3.05) is 13.6 Å². The van der Waals surface area contributed by atoms with E-state index in [1.165, 1.54) is 0 Å². The number of rotatable bonds is 8. The van der Waals surface area contributed by atoms with Crippen molar-refractivity contribution in [3.8, 4) is 0 Å². The van der Waals surface area contributed by atoms with E-state index in [9.17, 15) is 9.59 Å². The first-order chi connectivity index (χ1) is 9.91. The average Bonchev–Trinajstić information content (AvgIpc) is 2.44. The quantitative estimate of drug-likeness (QED) is 0.801. The van der Waals surface area contributed by atoms with Gasteiger partial charge in [0.15, 0.2) is 0 Å². The SMILES string of the molecule is CC(C)C(Cc1ccccc1)C(=O)N(C)CCCC(=O)O. The van der Waals surface area contributed by atoms with Crippen molar-refractivity contribution in [2.45, 2.75) is 33.1 Å². The average molecular weight is 291 g/mol. The van der Waals surface area contributed by atoms with Crippen LogP contribution >= 0.6 is 0 Å². The van der Waals surface area contributed by atoms with Crippen LogP contribution in [0.5, 0.6) is 0 Å². The third kappa shape index (κ3) is 5.98. The van der Waals surface area contributed by atoms with Crippen LogP contribution in [-0.2, 0) is 16.0 Å². The van der Waals surface area contributed by atoms with Crippen molar-refractivity contribution in [3.63, 3.8) is 0 Å². The molecule has 1 aromatic carbocycles. The van der Waals surface area contributed by atoms with Crippen molar-refractivity contribution in [1.29, 1.82) is 0 Å². The maximum Gasteiger partial charge on any atom is 0.303 e. The second kappa shape index (κ2) is 8.45. The largest absolute Gasteiger partial charge is 0.481 e. The van der Waals surface area contributed by atoms with Gasteiger partial charge in [-0.05, 0) is 24.3 Å². The molecule has 0 bridgehead atoms. The number of hydrogen-bond donors (Lipinski definition) is 1. The number of nitrogens with zero attached hydrogens (tertiary/aromatic N) is 1. The molecule has 1 rings (SSSR count). The summed E-state index contributed by atoms with van der Waals surface area (Å²) < 4.78 is 0. The Morgan fingerprint density at radius 3 is 2.33 bits per heavy atom. The van der Waals surface area contributed by atoms with Crippen LogP contribution in [0.1, 0.15) is 32.3 Å². The Hall–Kier alpha value is -1.84. The molecule has 1 N–H and O–H groups in total. The smallest absolute Gasteiger partial charge is 0.303 e. The van der Waals surface area contributed by atoms with E-state index in [0.717, 1.165) is 12.0 Å². The molecule has 0 aliphatic rings. The summed E-state index contributed by atoms with van der Waals surface area (Å²) in [6.07, 6.45) is 1.32. The first-order valence-electron chi connectivity index (χ1n) is 7.42. The molecule has 0 heterocycles. The van der Waals surface area contributed by atoms with Gasteiger partial charge in [-0.3, -0.25) is 9.59 Å². The molecule has 0 aliphatic heterocycles. The lowest BCUT2D eigenvalue weighted by Crippen LogP contribution is -2.37. The van der Waals surface area contributed by atoms with E-state index in [2.05, 4.69) is 13.8 Å². The Morgan fingerprint density at radius 1 is 1.19 bits per heavy atom. The molecule has 0 spiro atoms. The molecule has 1 unspecified atom stereocenters. The summed E-state index contributed by atoms with van der Waals surface area (Å²) in [5, 5.41) is 8.65. The Kier molecular flexibility index (Phi) is 6.92. The summed E-state index contributed by atoms with van der Waals surface area (Å²) in [5.74, 6) is -0.540. The van der Waals surface area contributed by atoms with Gasteiger partial charge in [-0.2, -0.15) is 0 Å². The lowest BCUT2D eigenvalue weighted by molar-refractivity contribution is -0.139. The summed E-state index contributed by atoms with van der Waals surface area (Å²) in [7, 11) is 1.75. The molecule has 4 nitrogen and oxygen atoms in total. The highest BCUT2D eigenvalue weighted by atomic mass is 16.4. The molecule has 1 atom stereocenters. The van der Waals surface area contributed by atoms with Crippen molar-refractivity contribution in [2.24, 2.45) is 11.8 Å². The molecule has 0 aliphatic carbocycles. The molecule has 21 heavy (non-hydrogen) atoms. The molecule has 0 saturated carbocycles. The van der Waals surface area contributed by atoms with Gasteiger partial charge in [0, 0.05) is 25.9 Å². The van der Waals surface area contributed by atoms with Gasteiger partial charge in [0.25, 0.3) is 0 Å². The van der Waals surface area contributed by atoms with Gasteiger partial charge in [-0.25, -0.2) is 0 Å². The molecule has 116 valence electrons. The minimum Gasteiger partial charge on any atom is -0.481 e. The van der Waals surface area contributed by atoms with Crippen LogP contribution in [0.3, 0.4) is 0 Å². The Morgan fingerprint density at radius 2 is 1.81 bits per heavy atom. The summed E-state index contributed by atoms with van der Waals surface area (Å²) in [5.41, 5.74) is 1.16. The van der Waals surface area contributed by atoms with E-state index in [1.807, 2.05) is 30.3 Å². The number of hydrogen-bond acceptors (Lipinski definition) is 2. The fourth-order valence-electron chi connectivity index (χ4n) is 2.34. The zero-order valence-electron chi connectivity index (χ0n) is 13.1. The highest BCUT2D eigenvalue weighted by molar-refractivity contribution is 5.79. The highest BCUT2D eigenvalue weighted by Crippen LogP contribution is 2.19. The molecular formula is C17H25NO3. The molecular weight excluding hydrogens is 266 g/mol. The van der Waals surface area contributed by atoms with Gasteiger partial charge >= 0.3 is 5.97 Å². The van der Waals surface area contributed by atoms with Gasteiger partial charge < -0.3 is 10.0 Å². The number of amides is 1. The van der Waals surface area contributed by atoms with Crippen molar-refractivity contribution in [3.05, 3.63) is 35.9 Å². The Labute approximate surface area is 126 Å². The van der Waals surface area contributed by atoms with Crippen LogP contribution in [0.15, 0.2) is 30.3 Å². The van der Waals surface area contributed by atoms with E-state index < -0.39 is 5.97 Å². The van der Waals surface area contributed by atoms with Crippen LogP contribution in [-0.4, -0.2) is 35.5 Å². The normalized spacial score (nSPS) is 12.2. The van der Waals surface area contributed by atoms with Gasteiger partial charge in [0.05, 0.1) is 0 Å². The predicted molar refractivity (Wildman–Crippen MR) is 83.0 cm³/mol. The Balaban J connectivity index is 2.62. The van der Waals surface area contributed by atoms with Crippen molar-refractivity contribution in [1.82, 2.24) is 4.90 Å². The Bertz CT molecular complexity index is 456. The lowest BCUT2D eigenvalue weighted by Gasteiger charge is -2.26. The summed E-state index contributed by atoms with van der Waals surface area (Å²) in [6, 6.07) is 10.00. The number of benzene rings is 1. The second-order valence-electron chi connectivity index (χ2n) is 5.80. The first kappa shape index (κ1) is 17.2. The lowest BCUT2D eigenvalue weighted by atomic mass is 9.88. The molecule has 1 aromatic rings. The highest BCUT2D eigenvalue weighted by Gasteiger charge is 2.25. The molecule has 0 saturated heterocycles. The third-order valence-corrected chi connectivity index (χ3v) is 3.68. The maximum atomic E-state index is 12.5. The van der Waals surface area contributed by atoms with Crippen LogP contribution in [0.4, 0.5) is 0 Å². The van der Waals surface area contributed by atoms with E-state index in [1.54, 1.807) is 11.9 Å². The van der Waals surface area contributed by atoms with Crippen LogP contribution < -0.4 is 0 Å². The number of carbonyl (C=O) groups excluding carboxylic acids is 1. The van der Waals surface area contributed by atoms with Gasteiger partial charge in [0.2, 0.25) is 5.91 Å². The zero-order chi connectivity index (χ0) is 15.8. The topological polar surface area (TPSA) is 57.6 Å². The van der Waals surface area contributed by atoms with E-state index >= 15 is 0 Å². The van der Waals surface area contributed by atoms with E-state index in [0.29, 0.717) is 13.0 Å². The van der Waals surface area contributed by atoms with Crippen LogP contribution in [0, 0.1) is 11.8 Å². The molecule has 0 aromatic heterocycles. The predicted octanol–water partition coefficient (Wildman–Crippen LogP) is 2.82. The van der Waals surface area contributed by atoms with E-state index in [4.69, 9.17) is 5.11 Å². The zero-order valence-corrected chi connectivity index (χ0v) is 13.1.